The minimum Gasteiger partial charge on any atom is -0.383 e. The highest BCUT2D eigenvalue weighted by atomic mass is 35.5. The lowest BCUT2D eigenvalue weighted by molar-refractivity contribution is 0.199. The van der Waals surface area contributed by atoms with Gasteiger partial charge < -0.3 is 19.7 Å². The summed E-state index contributed by atoms with van der Waals surface area (Å²) in [6.07, 6.45) is 0. The minimum absolute atomic E-state index is 0.703. The quantitative estimate of drug-likeness (QED) is 0.706. The predicted molar refractivity (Wildman–Crippen MR) is 80.2 cm³/mol. The van der Waals surface area contributed by atoms with Crippen molar-refractivity contribution in [2.24, 2.45) is 0 Å². The fourth-order valence-corrected chi connectivity index (χ4v) is 1.91. The first-order valence-electron chi connectivity index (χ1n) is 6.37. The summed E-state index contributed by atoms with van der Waals surface area (Å²) in [7, 11) is 5.43. The largest absolute Gasteiger partial charge is 0.383 e. The van der Waals surface area contributed by atoms with Crippen molar-refractivity contribution in [3.05, 3.63) is 28.8 Å². The molecule has 1 N–H and O–H groups in total. The lowest BCUT2D eigenvalue weighted by Crippen LogP contribution is -2.22. The maximum Gasteiger partial charge on any atom is 0.0637 e. The number of hydrogen-bond donors (Lipinski definition) is 1. The molecular formula is C14H23ClN2O2. The summed E-state index contributed by atoms with van der Waals surface area (Å²) in [6.45, 7) is 3.83. The molecule has 0 aliphatic heterocycles. The van der Waals surface area contributed by atoms with Crippen molar-refractivity contribution in [3.8, 4) is 0 Å². The zero-order valence-electron chi connectivity index (χ0n) is 11.9. The summed E-state index contributed by atoms with van der Waals surface area (Å²) in [4.78, 5) is 2.12. The average molecular weight is 287 g/mol. The van der Waals surface area contributed by atoms with Crippen LogP contribution in [-0.2, 0) is 16.0 Å². The molecule has 0 spiro atoms. The van der Waals surface area contributed by atoms with Crippen LogP contribution in [0.5, 0.6) is 0 Å². The molecule has 0 aliphatic carbocycles. The molecule has 5 heteroatoms. The zero-order chi connectivity index (χ0) is 14.1. The van der Waals surface area contributed by atoms with Crippen LogP contribution in [0.25, 0.3) is 0 Å². The number of anilines is 1. The predicted octanol–water partition coefficient (Wildman–Crippen LogP) is 2.16. The zero-order valence-corrected chi connectivity index (χ0v) is 12.7. The number of likely N-dealkylation sites (N-methyl/N-ethyl adjacent to an activating group) is 1. The van der Waals surface area contributed by atoms with Gasteiger partial charge in [0.1, 0.15) is 0 Å². The number of methoxy groups -OCH3 is 2. The van der Waals surface area contributed by atoms with Crippen LogP contribution >= 0.6 is 11.6 Å². The van der Waals surface area contributed by atoms with E-state index in [1.54, 1.807) is 14.2 Å². The standard InChI is InChI=1S/C14H23ClN2O2/c1-17(7-9-19-3)13-5-4-12(14(15)10-13)11-16-6-8-18-2/h4-5,10,16H,6-9,11H2,1-3H3. The molecular weight excluding hydrogens is 264 g/mol. The smallest absolute Gasteiger partial charge is 0.0637 e. The lowest BCUT2D eigenvalue weighted by Gasteiger charge is -2.19. The van der Waals surface area contributed by atoms with Gasteiger partial charge in [-0.3, -0.25) is 0 Å². The van der Waals surface area contributed by atoms with Crippen molar-refractivity contribution < 1.29 is 9.47 Å². The van der Waals surface area contributed by atoms with E-state index in [0.29, 0.717) is 13.2 Å². The Bertz CT molecular complexity index is 374. The molecule has 0 atom stereocenters. The molecule has 0 aromatic heterocycles. The first kappa shape index (κ1) is 16.2. The number of halogens is 1. The molecule has 1 aromatic rings. The topological polar surface area (TPSA) is 33.7 Å². The molecule has 0 saturated heterocycles. The molecule has 0 heterocycles. The van der Waals surface area contributed by atoms with E-state index in [9.17, 15) is 0 Å². The Kier molecular flexibility index (Phi) is 7.82. The van der Waals surface area contributed by atoms with E-state index < -0.39 is 0 Å². The number of ether oxygens (including phenoxy) is 2. The molecule has 0 amide bonds. The second kappa shape index (κ2) is 9.15. The summed E-state index contributed by atoms with van der Waals surface area (Å²) >= 11 is 6.29. The Labute approximate surface area is 120 Å². The fraction of sp³-hybridized carbons (Fsp3) is 0.571. The van der Waals surface area contributed by atoms with E-state index in [2.05, 4.69) is 22.3 Å². The van der Waals surface area contributed by atoms with E-state index >= 15 is 0 Å². The number of benzene rings is 1. The van der Waals surface area contributed by atoms with Gasteiger partial charge in [-0.05, 0) is 17.7 Å². The third-order valence-electron chi connectivity index (χ3n) is 2.91. The Morgan fingerprint density at radius 2 is 1.95 bits per heavy atom. The Hall–Kier alpha value is -0.810. The first-order chi connectivity index (χ1) is 9.19. The molecule has 4 nitrogen and oxygen atoms in total. The number of nitrogens with one attached hydrogen (secondary N) is 1. The monoisotopic (exact) mass is 286 g/mol. The number of nitrogens with zero attached hydrogens (tertiary/aromatic N) is 1. The van der Waals surface area contributed by atoms with Crippen molar-refractivity contribution >= 4 is 17.3 Å². The third kappa shape index (κ3) is 5.78. The van der Waals surface area contributed by atoms with Crippen LogP contribution in [0.2, 0.25) is 5.02 Å². The maximum absolute atomic E-state index is 6.29. The summed E-state index contributed by atoms with van der Waals surface area (Å²) in [6, 6.07) is 6.13. The second-order valence-corrected chi connectivity index (χ2v) is 4.77. The summed E-state index contributed by atoms with van der Waals surface area (Å²) < 4.78 is 10.1. The van der Waals surface area contributed by atoms with E-state index in [1.165, 1.54) is 0 Å². The van der Waals surface area contributed by atoms with Crippen molar-refractivity contribution in [1.82, 2.24) is 5.32 Å². The number of hydrogen-bond acceptors (Lipinski definition) is 4. The highest BCUT2D eigenvalue weighted by Gasteiger charge is 2.05. The van der Waals surface area contributed by atoms with Crippen LogP contribution < -0.4 is 10.2 Å². The van der Waals surface area contributed by atoms with E-state index in [1.807, 2.05) is 13.1 Å². The van der Waals surface area contributed by atoms with Gasteiger partial charge in [0.05, 0.1) is 13.2 Å². The molecule has 0 radical (unpaired) electrons. The van der Waals surface area contributed by atoms with Gasteiger partial charge >= 0.3 is 0 Å². The Morgan fingerprint density at radius 3 is 2.58 bits per heavy atom. The van der Waals surface area contributed by atoms with Gasteiger partial charge in [-0.2, -0.15) is 0 Å². The van der Waals surface area contributed by atoms with Crippen LogP contribution in [-0.4, -0.2) is 47.6 Å². The van der Waals surface area contributed by atoms with Crippen molar-refractivity contribution in [2.45, 2.75) is 6.54 Å². The van der Waals surface area contributed by atoms with Crippen LogP contribution in [0, 0.1) is 0 Å². The summed E-state index contributed by atoms with van der Waals surface area (Å²) in [5.74, 6) is 0. The molecule has 0 unspecified atom stereocenters. The van der Waals surface area contributed by atoms with Gasteiger partial charge in [-0.25, -0.2) is 0 Å². The van der Waals surface area contributed by atoms with Crippen LogP contribution in [0.3, 0.4) is 0 Å². The van der Waals surface area contributed by atoms with Gasteiger partial charge in [0.15, 0.2) is 0 Å². The molecule has 19 heavy (non-hydrogen) atoms. The molecule has 108 valence electrons. The third-order valence-corrected chi connectivity index (χ3v) is 3.26. The summed E-state index contributed by atoms with van der Waals surface area (Å²) in [5.41, 5.74) is 2.20. The average Bonchev–Trinajstić information content (AvgIpc) is 2.42. The Morgan fingerprint density at radius 1 is 1.21 bits per heavy atom. The maximum atomic E-state index is 6.29. The van der Waals surface area contributed by atoms with Gasteiger partial charge in [-0.15, -0.1) is 0 Å². The van der Waals surface area contributed by atoms with Gasteiger partial charge in [0.2, 0.25) is 0 Å². The van der Waals surface area contributed by atoms with Crippen molar-refractivity contribution in [1.29, 1.82) is 0 Å². The SMILES string of the molecule is COCCNCc1ccc(N(C)CCOC)cc1Cl. The second-order valence-electron chi connectivity index (χ2n) is 4.36. The van der Waals surface area contributed by atoms with Crippen molar-refractivity contribution in [2.75, 3.05) is 52.5 Å². The van der Waals surface area contributed by atoms with E-state index in [4.69, 9.17) is 21.1 Å². The van der Waals surface area contributed by atoms with Gasteiger partial charge in [0.25, 0.3) is 0 Å². The molecule has 0 saturated carbocycles. The molecule has 1 rings (SSSR count). The highest BCUT2D eigenvalue weighted by Crippen LogP contribution is 2.23. The molecule has 1 aromatic carbocycles. The highest BCUT2D eigenvalue weighted by molar-refractivity contribution is 6.31. The van der Waals surface area contributed by atoms with Gasteiger partial charge in [0, 0.05) is 51.6 Å². The lowest BCUT2D eigenvalue weighted by atomic mass is 10.2. The van der Waals surface area contributed by atoms with Crippen LogP contribution in [0.1, 0.15) is 5.56 Å². The van der Waals surface area contributed by atoms with Crippen LogP contribution in [0.15, 0.2) is 18.2 Å². The van der Waals surface area contributed by atoms with E-state index in [-0.39, 0.29) is 0 Å². The molecule has 0 fully saturated rings. The van der Waals surface area contributed by atoms with Crippen LogP contribution in [0.4, 0.5) is 5.69 Å². The normalized spacial score (nSPS) is 10.7. The fourth-order valence-electron chi connectivity index (χ4n) is 1.67. The van der Waals surface area contributed by atoms with Gasteiger partial charge in [-0.1, -0.05) is 17.7 Å². The van der Waals surface area contributed by atoms with Crippen molar-refractivity contribution in [3.63, 3.8) is 0 Å². The Balaban J connectivity index is 2.53. The number of rotatable bonds is 9. The molecule has 0 aliphatic rings. The van der Waals surface area contributed by atoms with E-state index in [0.717, 1.165) is 35.9 Å². The minimum atomic E-state index is 0.703. The molecule has 0 bridgehead atoms. The summed E-state index contributed by atoms with van der Waals surface area (Å²) in [5, 5.41) is 4.07. The first-order valence-corrected chi connectivity index (χ1v) is 6.75.